The van der Waals surface area contributed by atoms with E-state index < -0.39 is 5.97 Å². The van der Waals surface area contributed by atoms with Crippen molar-refractivity contribution in [3.63, 3.8) is 0 Å². The van der Waals surface area contributed by atoms with E-state index in [9.17, 15) is 9.59 Å². The van der Waals surface area contributed by atoms with Crippen LogP contribution < -0.4 is 4.74 Å². The highest BCUT2D eigenvalue weighted by atomic mass is 16.6. The van der Waals surface area contributed by atoms with Crippen molar-refractivity contribution in [2.75, 3.05) is 19.8 Å². The summed E-state index contributed by atoms with van der Waals surface area (Å²) in [6.45, 7) is 0.792. The molecule has 1 aliphatic carbocycles. The minimum atomic E-state index is -0.527. The average Bonchev–Trinajstić information content (AvgIpc) is 3.18. The number of rotatable bonds is 5. The van der Waals surface area contributed by atoms with Crippen molar-refractivity contribution in [2.45, 2.75) is 32.2 Å². The lowest BCUT2D eigenvalue weighted by atomic mass is 10.00. The summed E-state index contributed by atoms with van der Waals surface area (Å²) >= 11 is 0. The van der Waals surface area contributed by atoms with Crippen molar-refractivity contribution in [1.82, 2.24) is 4.90 Å². The van der Waals surface area contributed by atoms with Crippen LogP contribution in [0.25, 0.3) is 0 Å². The van der Waals surface area contributed by atoms with Gasteiger partial charge in [0.05, 0.1) is 0 Å². The molecule has 0 saturated heterocycles. The molecule has 1 heterocycles. The molecule has 1 amide bonds. The molecule has 5 nitrogen and oxygen atoms in total. The van der Waals surface area contributed by atoms with Gasteiger partial charge >= 0.3 is 5.97 Å². The molecule has 0 radical (unpaired) electrons. The number of carbonyl (C=O) groups is 2. The predicted octanol–water partition coefficient (Wildman–Crippen LogP) is 2.68. The van der Waals surface area contributed by atoms with E-state index in [0.29, 0.717) is 18.8 Å². The van der Waals surface area contributed by atoms with E-state index >= 15 is 0 Å². The zero-order valence-corrected chi connectivity index (χ0v) is 15.3. The monoisotopic (exact) mass is 365 g/mol. The van der Waals surface area contributed by atoms with Gasteiger partial charge in [-0.15, -0.1) is 0 Å². The maximum absolute atomic E-state index is 12.3. The van der Waals surface area contributed by atoms with Crippen LogP contribution in [0.5, 0.6) is 5.75 Å². The quantitative estimate of drug-likeness (QED) is 0.765. The van der Waals surface area contributed by atoms with Crippen LogP contribution in [0.1, 0.15) is 28.7 Å². The molecule has 0 bridgehead atoms. The molecular weight excluding hydrogens is 342 g/mol. The lowest BCUT2D eigenvalue weighted by Crippen LogP contribution is -2.38. The molecule has 1 aliphatic heterocycles. The van der Waals surface area contributed by atoms with Crippen LogP contribution in [-0.2, 0) is 40.1 Å². The molecule has 2 aromatic carbocycles. The topological polar surface area (TPSA) is 55.8 Å². The number of aryl methyl sites for hydroxylation is 2. The van der Waals surface area contributed by atoms with Crippen LogP contribution in [0.2, 0.25) is 0 Å². The van der Waals surface area contributed by atoms with E-state index in [1.807, 2.05) is 30.3 Å². The molecule has 0 N–H and O–H groups in total. The number of amides is 1. The summed E-state index contributed by atoms with van der Waals surface area (Å²) in [6.07, 6.45) is 4.17. The Kier molecular flexibility index (Phi) is 5.10. The van der Waals surface area contributed by atoms with Gasteiger partial charge in [0.1, 0.15) is 5.75 Å². The van der Waals surface area contributed by atoms with Crippen molar-refractivity contribution in [2.24, 2.45) is 0 Å². The van der Waals surface area contributed by atoms with Gasteiger partial charge in [0.15, 0.2) is 13.2 Å². The number of benzene rings is 2. The number of hydrogen-bond donors (Lipinski definition) is 0. The lowest BCUT2D eigenvalue weighted by molar-refractivity contribution is -0.154. The molecule has 0 saturated carbocycles. The predicted molar refractivity (Wildman–Crippen MR) is 100 cm³/mol. The summed E-state index contributed by atoms with van der Waals surface area (Å²) in [5.74, 6) is -0.0248. The van der Waals surface area contributed by atoms with E-state index in [0.717, 1.165) is 24.8 Å². The first-order valence-electron chi connectivity index (χ1n) is 9.44. The van der Waals surface area contributed by atoms with Gasteiger partial charge < -0.3 is 14.4 Å². The Morgan fingerprint density at radius 1 is 0.889 bits per heavy atom. The van der Waals surface area contributed by atoms with E-state index in [1.54, 1.807) is 4.90 Å². The Morgan fingerprint density at radius 2 is 1.67 bits per heavy atom. The van der Waals surface area contributed by atoms with E-state index in [4.69, 9.17) is 9.47 Å². The van der Waals surface area contributed by atoms with Crippen molar-refractivity contribution in [3.8, 4) is 5.75 Å². The molecule has 0 atom stereocenters. The third-order valence-corrected chi connectivity index (χ3v) is 5.27. The molecule has 2 aliphatic rings. The Balaban J connectivity index is 1.23. The average molecular weight is 365 g/mol. The third kappa shape index (κ3) is 4.13. The number of ether oxygens (including phenoxy) is 2. The van der Waals surface area contributed by atoms with Crippen molar-refractivity contribution < 1.29 is 19.1 Å². The summed E-state index contributed by atoms with van der Waals surface area (Å²) < 4.78 is 10.6. The Bertz CT molecular complexity index is 861. The largest absolute Gasteiger partial charge is 0.482 e. The van der Waals surface area contributed by atoms with Gasteiger partial charge in [0.25, 0.3) is 5.91 Å². The summed E-state index contributed by atoms with van der Waals surface area (Å²) in [5, 5.41) is 0. The summed E-state index contributed by atoms with van der Waals surface area (Å²) in [6, 6.07) is 14.0. The zero-order valence-electron chi connectivity index (χ0n) is 15.3. The molecule has 2 aromatic rings. The summed E-state index contributed by atoms with van der Waals surface area (Å²) in [7, 11) is 0. The maximum Gasteiger partial charge on any atom is 0.344 e. The van der Waals surface area contributed by atoms with Crippen molar-refractivity contribution in [1.29, 1.82) is 0 Å². The van der Waals surface area contributed by atoms with E-state index in [-0.39, 0.29) is 19.1 Å². The SMILES string of the molecule is O=C(COc1ccc2c(c1)CCC2)OCC(=O)N1CCc2ccccc2C1. The number of nitrogens with zero attached hydrogens (tertiary/aromatic N) is 1. The fraction of sp³-hybridized carbons (Fsp3) is 0.364. The van der Waals surface area contributed by atoms with Crippen LogP contribution >= 0.6 is 0 Å². The van der Waals surface area contributed by atoms with Crippen molar-refractivity contribution >= 4 is 11.9 Å². The molecule has 4 rings (SSSR count). The van der Waals surface area contributed by atoms with Gasteiger partial charge in [-0.3, -0.25) is 4.79 Å². The first-order valence-corrected chi connectivity index (χ1v) is 9.44. The molecule has 0 aromatic heterocycles. The molecule has 0 fully saturated rings. The van der Waals surface area contributed by atoms with Gasteiger partial charge in [-0.2, -0.15) is 0 Å². The first kappa shape index (κ1) is 17.6. The first-order chi connectivity index (χ1) is 13.2. The number of hydrogen-bond acceptors (Lipinski definition) is 4. The smallest absolute Gasteiger partial charge is 0.344 e. The molecule has 140 valence electrons. The molecule has 0 unspecified atom stereocenters. The highest BCUT2D eigenvalue weighted by Crippen LogP contribution is 2.26. The minimum absolute atomic E-state index is 0.171. The zero-order chi connectivity index (χ0) is 18.6. The highest BCUT2D eigenvalue weighted by Gasteiger charge is 2.21. The number of fused-ring (bicyclic) bond motifs is 2. The van der Waals surface area contributed by atoms with Gasteiger partial charge in [0.2, 0.25) is 0 Å². The Morgan fingerprint density at radius 3 is 2.56 bits per heavy atom. The van der Waals surface area contributed by atoms with Crippen LogP contribution in [0.4, 0.5) is 0 Å². The lowest BCUT2D eigenvalue weighted by Gasteiger charge is -2.28. The minimum Gasteiger partial charge on any atom is -0.482 e. The number of esters is 1. The second-order valence-electron chi connectivity index (χ2n) is 7.07. The molecule has 5 heteroatoms. The Labute approximate surface area is 158 Å². The highest BCUT2D eigenvalue weighted by molar-refractivity contribution is 5.81. The number of carbonyl (C=O) groups excluding carboxylic acids is 2. The van der Waals surface area contributed by atoms with Crippen LogP contribution in [0, 0.1) is 0 Å². The van der Waals surface area contributed by atoms with Gasteiger partial charge in [-0.25, -0.2) is 4.79 Å². The van der Waals surface area contributed by atoms with E-state index in [2.05, 4.69) is 12.1 Å². The molecule has 0 spiro atoms. The van der Waals surface area contributed by atoms with E-state index in [1.165, 1.54) is 23.1 Å². The van der Waals surface area contributed by atoms with Gasteiger partial charge in [-0.05, 0) is 60.1 Å². The van der Waals surface area contributed by atoms with Crippen LogP contribution in [0.3, 0.4) is 0 Å². The van der Waals surface area contributed by atoms with Gasteiger partial charge in [-0.1, -0.05) is 30.3 Å². The second-order valence-corrected chi connectivity index (χ2v) is 7.07. The second kappa shape index (κ2) is 7.82. The molecular formula is C22H23NO4. The maximum atomic E-state index is 12.3. The normalized spacial score (nSPS) is 15.0. The van der Waals surface area contributed by atoms with Crippen LogP contribution in [0.15, 0.2) is 42.5 Å². The fourth-order valence-electron chi connectivity index (χ4n) is 3.76. The fourth-order valence-corrected chi connectivity index (χ4v) is 3.76. The van der Waals surface area contributed by atoms with Crippen LogP contribution in [-0.4, -0.2) is 36.5 Å². The Hall–Kier alpha value is -2.82. The third-order valence-electron chi connectivity index (χ3n) is 5.27. The standard InChI is InChI=1S/C22H23NO4/c24-21(23-11-10-17-4-1-2-5-19(17)13-23)14-27-22(25)15-26-20-9-8-16-6-3-7-18(16)12-20/h1-2,4-5,8-9,12H,3,6-7,10-11,13-15H2. The van der Waals surface area contributed by atoms with Gasteiger partial charge in [0, 0.05) is 13.1 Å². The molecule has 27 heavy (non-hydrogen) atoms. The van der Waals surface area contributed by atoms with Crippen molar-refractivity contribution in [3.05, 3.63) is 64.7 Å². The summed E-state index contributed by atoms with van der Waals surface area (Å²) in [4.78, 5) is 26.0. The summed E-state index contributed by atoms with van der Waals surface area (Å²) in [5.41, 5.74) is 5.09.